The van der Waals surface area contributed by atoms with E-state index >= 15 is 0 Å². The highest BCUT2D eigenvalue weighted by Crippen LogP contribution is 2.63. The van der Waals surface area contributed by atoms with Gasteiger partial charge in [0.1, 0.15) is 5.75 Å². The van der Waals surface area contributed by atoms with Crippen LogP contribution in [0.3, 0.4) is 0 Å². The van der Waals surface area contributed by atoms with E-state index in [-0.39, 0.29) is 5.41 Å². The molecule has 23 heavy (non-hydrogen) atoms. The molecular formula is C20H28O3. The highest BCUT2D eigenvalue weighted by Gasteiger charge is 2.61. The molecule has 0 saturated heterocycles. The number of aryl methyl sites for hydroxylation is 1. The largest absolute Gasteiger partial charge is 0.497 e. The maximum Gasteiger partial charge on any atom is 0.119 e. The third kappa shape index (κ3) is 2.09. The van der Waals surface area contributed by atoms with Crippen molar-refractivity contribution in [3.8, 4) is 5.75 Å². The fraction of sp³-hybridized carbons (Fsp3) is 0.700. The average molecular weight is 316 g/mol. The van der Waals surface area contributed by atoms with E-state index in [0.29, 0.717) is 17.8 Å². The number of ether oxygens (including phenoxy) is 1. The fourth-order valence-corrected chi connectivity index (χ4v) is 6.02. The van der Waals surface area contributed by atoms with E-state index in [9.17, 15) is 10.2 Å². The molecular weight excluding hydrogens is 288 g/mol. The van der Waals surface area contributed by atoms with Crippen molar-refractivity contribution in [1.82, 2.24) is 0 Å². The van der Waals surface area contributed by atoms with E-state index < -0.39 is 11.7 Å². The van der Waals surface area contributed by atoms with Crippen LogP contribution in [0.4, 0.5) is 0 Å². The predicted octanol–water partition coefficient (Wildman–Crippen LogP) is 3.27. The van der Waals surface area contributed by atoms with Gasteiger partial charge in [0.05, 0.1) is 18.8 Å². The monoisotopic (exact) mass is 316 g/mol. The minimum atomic E-state index is -0.936. The van der Waals surface area contributed by atoms with Crippen LogP contribution in [0.2, 0.25) is 0 Å². The van der Waals surface area contributed by atoms with Crippen molar-refractivity contribution in [2.75, 3.05) is 7.11 Å². The molecule has 3 aliphatic rings. The Hall–Kier alpha value is -1.06. The van der Waals surface area contributed by atoms with Gasteiger partial charge in [-0.05, 0) is 85.5 Å². The van der Waals surface area contributed by atoms with Crippen LogP contribution in [0.5, 0.6) is 5.75 Å². The van der Waals surface area contributed by atoms with E-state index in [1.165, 1.54) is 11.1 Å². The zero-order valence-electron chi connectivity index (χ0n) is 14.4. The number of hydrogen-bond donors (Lipinski definition) is 2. The predicted molar refractivity (Wildman–Crippen MR) is 89.6 cm³/mol. The van der Waals surface area contributed by atoms with Crippen molar-refractivity contribution in [3.05, 3.63) is 29.3 Å². The molecule has 126 valence electrons. The van der Waals surface area contributed by atoms with Crippen LogP contribution in [0.1, 0.15) is 56.6 Å². The molecule has 0 radical (unpaired) electrons. The van der Waals surface area contributed by atoms with Gasteiger partial charge in [0.25, 0.3) is 0 Å². The third-order valence-electron chi connectivity index (χ3n) is 7.22. The van der Waals surface area contributed by atoms with Crippen LogP contribution < -0.4 is 4.74 Å². The van der Waals surface area contributed by atoms with E-state index in [1.807, 2.05) is 6.92 Å². The maximum absolute atomic E-state index is 10.7. The third-order valence-corrected chi connectivity index (χ3v) is 7.22. The molecule has 4 rings (SSSR count). The summed E-state index contributed by atoms with van der Waals surface area (Å²) in [5.41, 5.74) is 1.84. The summed E-state index contributed by atoms with van der Waals surface area (Å²) in [6.07, 6.45) is 4.49. The first-order valence-electron chi connectivity index (χ1n) is 8.94. The topological polar surface area (TPSA) is 49.7 Å². The van der Waals surface area contributed by atoms with Crippen molar-refractivity contribution in [3.63, 3.8) is 0 Å². The van der Waals surface area contributed by atoms with Gasteiger partial charge in [0.15, 0.2) is 0 Å². The van der Waals surface area contributed by atoms with E-state index in [4.69, 9.17) is 4.74 Å². The average Bonchev–Trinajstić information content (AvgIpc) is 2.73. The molecule has 6 atom stereocenters. The lowest BCUT2D eigenvalue weighted by atomic mass is 9.55. The standard InChI is InChI=1S/C20H28O3/c1-19-9-8-15-14-7-5-13(23-3)10-12(14)4-6-16(15)17(19)11-20(2,22)18(19)21/h5,7,10,15-18,21-22H,4,6,8-9,11H2,1-3H3/t15-,16-,17-,18-,19-,20-/m0/s1. The molecule has 0 heterocycles. The lowest BCUT2D eigenvalue weighted by Gasteiger charge is -2.50. The molecule has 2 fully saturated rings. The van der Waals surface area contributed by atoms with Gasteiger partial charge < -0.3 is 14.9 Å². The Bertz CT molecular complexity index is 623. The summed E-state index contributed by atoms with van der Waals surface area (Å²) in [5.74, 6) is 2.52. The summed E-state index contributed by atoms with van der Waals surface area (Å²) < 4.78 is 5.38. The first kappa shape index (κ1) is 15.5. The Morgan fingerprint density at radius 3 is 2.74 bits per heavy atom. The van der Waals surface area contributed by atoms with Crippen LogP contribution in [0.25, 0.3) is 0 Å². The van der Waals surface area contributed by atoms with Crippen LogP contribution in [-0.4, -0.2) is 29.0 Å². The number of aliphatic hydroxyl groups excluding tert-OH is 1. The Morgan fingerprint density at radius 2 is 2.00 bits per heavy atom. The molecule has 2 N–H and O–H groups in total. The van der Waals surface area contributed by atoms with Gasteiger partial charge in [-0.15, -0.1) is 0 Å². The van der Waals surface area contributed by atoms with Crippen LogP contribution >= 0.6 is 0 Å². The van der Waals surface area contributed by atoms with Gasteiger partial charge in [0, 0.05) is 0 Å². The first-order valence-corrected chi connectivity index (χ1v) is 8.94. The molecule has 1 aromatic rings. The molecule has 1 aromatic carbocycles. The SMILES string of the molecule is COc1ccc2c(c1)CC[C@H]1[C@H]2CC[C@@]2(C)[C@H]1C[C@](C)(O)[C@H]2O. The Kier molecular flexibility index (Phi) is 3.34. The summed E-state index contributed by atoms with van der Waals surface area (Å²) in [5, 5.41) is 21.3. The number of hydrogen-bond acceptors (Lipinski definition) is 3. The lowest BCUT2D eigenvalue weighted by molar-refractivity contribution is -0.0903. The Balaban J connectivity index is 1.70. The minimum absolute atomic E-state index is 0.130. The van der Waals surface area contributed by atoms with Crippen molar-refractivity contribution in [2.45, 2.75) is 63.6 Å². The van der Waals surface area contributed by atoms with Crippen LogP contribution in [0, 0.1) is 17.3 Å². The second-order valence-corrected chi connectivity index (χ2v) is 8.49. The molecule has 0 unspecified atom stereocenters. The molecule has 3 nitrogen and oxygen atoms in total. The van der Waals surface area contributed by atoms with Crippen LogP contribution in [-0.2, 0) is 6.42 Å². The molecule has 0 aliphatic heterocycles. The van der Waals surface area contributed by atoms with Gasteiger partial charge in [0.2, 0.25) is 0 Å². The number of methoxy groups -OCH3 is 1. The number of fused-ring (bicyclic) bond motifs is 5. The fourth-order valence-electron chi connectivity index (χ4n) is 6.02. The van der Waals surface area contributed by atoms with Crippen LogP contribution in [0.15, 0.2) is 18.2 Å². The number of aliphatic hydroxyl groups is 2. The second kappa shape index (κ2) is 4.97. The summed E-state index contributed by atoms with van der Waals surface area (Å²) in [6, 6.07) is 6.52. The second-order valence-electron chi connectivity index (χ2n) is 8.49. The van der Waals surface area contributed by atoms with Crippen molar-refractivity contribution in [1.29, 1.82) is 0 Å². The smallest absolute Gasteiger partial charge is 0.119 e. The molecule has 3 aliphatic carbocycles. The summed E-state index contributed by atoms with van der Waals surface area (Å²) in [6.45, 7) is 4.02. The van der Waals surface area contributed by atoms with Gasteiger partial charge in [-0.1, -0.05) is 13.0 Å². The van der Waals surface area contributed by atoms with Crippen molar-refractivity contribution < 1.29 is 14.9 Å². The van der Waals surface area contributed by atoms with E-state index in [1.54, 1.807) is 7.11 Å². The van der Waals surface area contributed by atoms with E-state index in [2.05, 4.69) is 25.1 Å². The van der Waals surface area contributed by atoms with Crippen molar-refractivity contribution in [2.24, 2.45) is 17.3 Å². The lowest BCUT2D eigenvalue weighted by Crippen LogP contribution is -2.46. The van der Waals surface area contributed by atoms with Gasteiger partial charge >= 0.3 is 0 Å². The molecule has 0 spiro atoms. The number of benzene rings is 1. The molecule has 3 heteroatoms. The van der Waals surface area contributed by atoms with Gasteiger partial charge in [-0.25, -0.2) is 0 Å². The number of rotatable bonds is 1. The molecule has 0 amide bonds. The zero-order chi connectivity index (χ0) is 16.4. The normalized spacial score (nSPS) is 45.1. The highest BCUT2D eigenvalue weighted by atomic mass is 16.5. The minimum Gasteiger partial charge on any atom is -0.497 e. The van der Waals surface area contributed by atoms with Gasteiger partial charge in [-0.2, -0.15) is 0 Å². The van der Waals surface area contributed by atoms with Gasteiger partial charge in [-0.3, -0.25) is 0 Å². The Labute approximate surface area is 138 Å². The molecule has 2 saturated carbocycles. The highest BCUT2D eigenvalue weighted by molar-refractivity contribution is 5.40. The molecule has 0 bridgehead atoms. The first-order chi connectivity index (χ1) is 10.9. The summed E-state index contributed by atoms with van der Waals surface area (Å²) in [4.78, 5) is 0. The van der Waals surface area contributed by atoms with E-state index in [0.717, 1.165) is 37.9 Å². The molecule has 0 aromatic heterocycles. The summed E-state index contributed by atoms with van der Waals surface area (Å²) >= 11 is 0. The quantitative estimate of drug-likeness (QED) is 0.836. The zero-order valence-corrected chi connectivity index (χ0v) is 14.4. The maximum atomic E-state index is 10.7. The van der Waals surface area contributed by atoms with Crippen molar-refractivity contribution >= 4 is 0 Å². The Morgan fingerprint density at radius 1 is 1.22 bits per heavy atom. The summed E-state index contributed by atoms with van der Waals surface area (Å²) in [7, 11) is 1.72.